The summed E-state index contributed by atoms with van der Waals surface area (Å²) in [6.07, 6.45) is 0.901. The number of piperidine rings is 1. The van der Waals surface area contributed by atoms with Crippen LogP contribution in [0.2, 0.25) is 0 Å². The van der Waals surface area contributed by atoms with Crippen LogP contribution < -0.4 is 5.32 Å². The fourth-order valence-corrected chi connectivity index (χ4v) is 4.14. The first-order valence-electron chi connectivity index (χ1n) is 9.10. The predicted molar refractivity (Wildman–Crippen MR) is 96.1 cm³/mol. The van der Waals surface area contributed by atoms with Gasteiger partial charge in [0.25, 0.3) is 0 Å². The highest BCUT2D eigenvalue weighted by atomic mass is 16.5. The standard InChI is InChI=1S/C20H30N2O2/c1-13-7-16(17-9-21-10-17)8-14(2)19(13)12-22-6-5-18(15(3)11-22)20(23)24-4/h7-8,15,17-18,21H,5-6,9-12H2,1-4H3. The molecule has 0 amide bonds. The Morgan fingerprint density at radius 3 is 2.46 bits per heavy atom. The van der Waals surface area contributed by atoms with Crippen LogP contribution in [0.5, 0.6) is 0 Å². The molecular formula is C20H30N2O2. The average Bonchev–Trinajstić information content (AvgIpc) is 2.48. The molecule has 0 radical (unpaired) electrons. The topological polar surface area (TPSA) is 41.6 Å². The number of benzene rings is 1. The van der Waals surface area contributed by atoms with E-state index in [1.54, 1.807) is 0 Å². The van der Waals surface area contributed by atoms with Crippen molar-refractivity contribution in [1.29, 1.82) is 0 Å². The molecule has 2 unspecified atom stereocenters. The van der Waals surface area contributed by atoms with Crippen LogP contribution in [-0.2, 0) is 16.1 Å². The lowest BCUT2D eigenvalue weighted by Crippen LogP contribution is -2.42. The molecule has 2 aliphatic rings. The van der Waals surface area contributed by atoms with E-state index in [0.29, 0.717) is 11.8 Å². The zero-order valence-corrected chi connectivity index (χ0v) is 15.4. The molecule has 0 bridgehead atoms. The Morgan fingerprint density at radius 1 is 1.29 bits per heavy atom. The van der Waals surface area contributed by atoms with Crippen molar-refractivity contribution in [3.05, 3.63) is 34.4 Å². The Kier molecular flexibility index (Phi) is 5.26. The Bertz CT molecular complexity index is 587. The van der Waals surface area contributed by atoms with Gasteiger partial charge in [-0.05, 0) is 55.0 Å². The van der Waals surface area contributed by atoms with E-state index >= 15 is 0 Å². The molecule has 2 fully saturated rings. The van der Waals surface area contributed by atoms with Crippen LogP contribution in [0.3, 0.4) is 0 Å². The van der Waals surface area contributed by atoms with Gasteiger partial charge in [0.1, 0.15) is 0 Å². The van der Waals surface area contributed by atoms with Crippen molar-refractivity contribution in [1.82, 2.24) is 10.2 Å². The van der Waals surface area contributed by atoms with Gasteiger partial charge in [-0.25, -0.2) is 0 Å². The SMILES string of the molecule is COC(=O)C1CCN(Cc2c(C)cc(C3CNC3)cc2C)CC1C. The molecule has 0 aromatic heterocycles. The van der Waals surface area contributed by atoms with Crippen molar-refractivity contribution in [2.45, 2.75) is 39.7 Å². The zero-order valence-electron chi connectivity index (χ0n) is 15.4. The quantitative estimate of drug-likeness (QED) is 0.862. The maximum absolute atomic E-state index is 11.8. The second-order valence-corrected chi connectivity index (χ2v) is 7.62. The molecule has 0 aliphatic carbocycles. The van der Waals surface area contributed by atoms with Gasteiger partial charge in [-0.15, -0.1) is 0 Å². The number of ether oxygens (including phenoxy) is 1. The van der Waals surface area contributed by atoms with E-state index in [1.165, 1.54) is 29.4 Å². The summed E-state index contributed by atoms with van der Waals surface area (Å²) in [5.74, 6) is 1.05. The number of carbonyl (C=O) groups is 1. The van der Waals surface area contributed by atoms with Gasteiger partial charge in [-0.3, -0.25) is 9.69 Å². The first kappa shape index (κ1) is 17.4. The fraction of sp³-hybridized carbons (Fsp3) is 0.650. The van der Waals surface area contributed by atoms with Gasteiger partial charge in [0, 0.05) is 32.1 Å². The normalized spacial score (nSPS) is 25.3. The van der Waals surface area contributed by atoms with Gasteiger partial charge < -0.3 is 10.1 Å². The van der Waals surface area contributed by atoms with E-state index < -0.39 is 0 Å². The number of rotatable bonds is 4. The molecule has 2 atom stereocenters. The van der Waals surface area contributed by atoms with Gasteiger partial charge in [-0.2, -0.15) is 0 Å². The molecule has 24 heavy (non-hydrogen) atoms. The predicted octanol–water partition coefficient (Wildman–Crippen LogP) is 2.62. The van der Waals surface area contributed by atoms with Gasteiger partial charge >= 0.3 is 5.97 Å². The highest BCUT2D eigenvalue weighted by Gasteiger charge is 2.32. The number of nitrogens with zero attached hydrogens (tertiary/aromatic N) is 1. The maximum Gasteiger partial charge on any atom is 0.309 e. The van der Waals surface area contributed by atoms with E-state index in [9.17, 15) is 4.79 Å². The molecule has 3 rings (SSSR count). The molecule has 1 N–H and O–H groups in total. The average molecular weight is 330 g/mol. The van der Waals surface area contributed by atoms with Crippen molar-refractivity contribution in [3.63, 3.8) is 0 Å². The molecule has 132 valence electrons. The van der Waals surface area contributed by atoms with Crippen molar-refractivity contribution < 1.29 is 9.53 Å². The van der Waals surface area contributed by atoms with Crippen molar-refractivity contribution in [3.8, 4) is 0 Å². The summed E-state index contributed by atoms with van der Waals surface area (Å²) in [5.41, 5.74) is 5.74. The third kappa shape index (κ3) is 3.50. The Labute approximate surface area is 145 Å². The second-order valence-electron chi connectivity index (χ2n) is 7.62. The molecule has 0 saturated carbocycles. The number of aryl methyl sites for hydroxylation is 2. The number of likely N-dealkylation sites (tertiary alicyclic amines) is 1. The minimum absolute atomic E-state index is 0.0482. The molecular weight excluding hydrogens is 300 g/mol. The lowest BCUT2D eigenvalue weighted by atomic mass is 9.86. The number of methoxy groups -OCH3 is 1. The first-order valence-corrected chi connectivity index (χ1v) is 9.10. The van der Waals surface area contributed by atoms with Crippen molar-refractivity contribution in [2.75, 3.05) is 33.3 Å². The van der Waals surface area contributed by atoms with E-state index in [0.717, 1.165) is 39.1 Å². The summed E-state index contributed by atoms with van der Waals surface area (Å²) in [7, 11) is 1.49. The third-order valence-electron chi connectivity index (χ3n) is 5.85. The highest BCUT2D eigenvalue weighted by Crippen LogP contribution is 2.29. The summed E-state index contributed by atoms with van der Waals surface area (Å²) in [6.45, 7) is 11.8. The molecule has 4 nitrogen and oxygen atoms in total. The molecule has 0 spiro atoms. The zero-order chi connectivity index (χ0) is 17.3. The number of carbonyl (C=O) groups excluding carboxylic acids is 1. The summed E-state index contributed by atoms with van der Waals surface area (Å²) in [4.78, 5) is 14.3. The van der Waals surface area contributed by atoms with Crippen LogP contribution in [0.25, 0.3) is 0 Å². The Hall–Kier alpha value is -1.39. The molecule has 1 aromatic carbocycles. The number of hydrogen-bond donors (Lipinski definition) is 1. The van der Waals surface area contributed by atoms with E-state index in [4.69, 9.17) is 4.74 Å². The first-order chi connectivity index (χ1) is 11.5. The van der Waals surface area contributed by atoms with Crippen LogP contribution in [0.15, 0.2) is 12.1 Å². The highest BCUT2D eigenvalue weighted by molar-refractivity contribution is 5.72. The fourth-order valence-electron chi connectivity index (χ4n) is 4.14. The number of hydrogen-bond acceptors (Lipinski definition) is 4. The molecule has 2 saturated heterocycles. The smallest absolute Gasteiger partial charge is 0.309 e. The Morgan fingerprint density at radius 2 is 1.96 bits per heavy atom. The summed E-state index contributed by atoms with van der Waals surface area (Å²) < 4.78 is 4.94. The molecule has 1 aromatic rings. The van der Waals surface area contributed by atoms with E-state index in [-0.39, 0.29) is 11.9 Å². The van der Waals surface area contributed by atoms with Crippen LogP contribution >= 0.6 is 0 Å². The summed E-state index contributed by atoms with van der Waals surface area (Å²) >= 11 is 0. The van der Waals surface area contributed by atoms with Gasteiger partial charge in [0.15, 0.2) is 0 Å². The van der Waals surface area contributed by atoms with Gasteiger partial charge in [0.05, 0.1) is 13.0 Å². The van der Waals surface area contributed by atoms with E-state index in [1.807, 2.05) is 0 Å². The van der Waals surface area contributed by atoms with Gasteiger partial charge in [-0.1, -0.05) is 19.1 Å². The summed E-state index contributed by atoms with van der Waals surface area (Å²) in [6, 6.07) is 4.75. The summed E-state index contributed by atoms with van der Waals surface area (Å²) in [5, 5.41) is 3.36. The largest absolute Gasteiger partial charge is 0.469 e. The third-order valence-corrected chi connectivity index (χ3v) is 5.85. The lowest BCUT2D eigenvalue weighted by Gasteiger charge is -2.36. The van der Waals surface area contributed by atoms with Crippen LogP contribution in [0, 0.1) is 25.7 Å². The number of esters is 1. The maximum atomic E-state index is 11.8. The van der Waals surface area contributed by atoms with Crippen molar-refractivity contribution in [2.24, 2.45) is 11.8 Å². The van der Waals surface area contributed by atoms with E-state index in [2.05, 4.69) is 43.1 Å². The van der Waals surface area contributed by atoms with Crippen LogP contribution in [-0.4, -0.2) is 44.2 Å². The minimum atomic E-state index is -0.0482. The van der Waals surface area contributed by atoms with Gasteiger partial charge in [0.2, 0.25) is 0 Å². The lowest BCUT2D eigenvalue weighted by molar-refractivity contribution is -0.149. The van der Waals surface area contributed by atoms with Crippen LogP contribution in [0.1, 0.15) is 41.5 Å². The molecule has 2 aliphatic heterocycles. The Balaban J connectivity index is 1.67. The molecule has 4 heteroatoms. The molecule has 2 heterocycles. The van der Waals surface area contributed by atoms with Crippen LogP contribution in [0.4, 0.5) is 0 Å². The minimum Gasteiger partial charge on any atom is -0.469 e. The second kappa shape index (κ2) is 7.24. The monoisotopic (exact) mass is 330 g/mol. The van der Waals surface area contributed by atoms with Crippen molar-refractivity contribution >= 4 is 5.97 Å². The number of nitrogens with one attached hydrogen (secondary N) is 1.